The van der Waals surface area contributed by atoms with E-state index in [4.69, 9.17) is 23.5 Å². The Morgan fingerprint density at radius 2 is 1.71 bits per heavy atom. The van der Waals surface area contributed by atoms with Crippen molar-refractivity contribution in [2.24, 2.45) is 5.73 Å². The molecule has 2 N–H and O–H groups in total. The number of rotatable bonds is 6. The summed E-state index contributed by atoms with van der Waals surface area (Å²) in [5, 5.41) is 0.703. The van der Waals surface area contributed by atoms with Crippen LogP contribution in [0.5, 0.6) is 0 Å². The molecule has 4 atom stereocenters. The van der Waals surface area contributed by atoms with E-state index in [1.54, 1.807) is 17.1 Å². The third kappa shape index (κ3) is 4.88. The fourth-order valence-electron chi connectivity index (χ4n) is 4.19. The first-order valence-electron chi connectivity index (χ1n) is 12.7. The zero-order valence-corrected chi connectivity index (χ0v) is 26.8. The van der Waals surface area contributed by atoms with E-state index in [-0.39, 0.29) is 22.4 Å². The lowest BCUT2D eigenvalue weighted by Gasteiger charge is -2.43. The molecule has 1 saturated heterocycles. The van der Waals surface area contributed by atoms with Crippen LogP contribution in [-0.4, -0.2) is 69.0 Å². The summed E-state index contributed by atoms with van der Waals surface area (Å²) in [4.78, 5) is 12.9. The summed E-state index contributed by atoms with van der Waals surface area (Å²) in [5.74, 6) is 0. The predicted molar refractivity (Wildman–Crippen MR) is 149 cm³/mol. The van der Waals surface area contributed by atoms with Crippen LogP contribution in [0.2, 0.25) is 36.3 Å². The van der Waals surface area contributed by atoms with Gasteiger partial charge in [-0.3, -0.25) is 4.57 Å². The highest BCUT2D eigenvalue weighted by atomic mass is 32.2. The van der Waals surface area contributed by atoms with Crippen LogP contribution in [-0.2, 0) is 27.9 Å². The van der Waals surface area contributed by atoms with Gasteiger partial charge in [0.15, 0.2) is 34.1 Å². The molecule has 0 bridgehead atoms. The number of aromatic nitrogens is 4. The fourth-order valence-corrected chi connectivity index (χ4v) is 7.69. The van der Waals surface area contributed by atoms with Crippen LogP contribution in [0.15, 0.2) is 30.0 Å². The van der Waals surface area contributed by atoms with E-state index in [9.17, 15) is 8.42 Å². The Bertz CT molecular complexity index is 1350. The molecule has 11 nitrogen and oxygen atoms in total. The number of fused-ring (bicyclic) bond motifs is 1. The predicted octanol–water partition coefficient (Wildman–Crippen LogP) is 4.03. The van der Waals surface area contributed by atoms with Gasteiger partial charge in [0.2, 0.25) is 0 Å². The van der Waals surface area contributed by atoms with Crippen molar-refractivity contribution in [3.8, 4) is 0 Å². The number of nitrogens with two attached hydrogens (primary N) is 1. The second kappa shape index (κ2) is 9.18. The summed E-state index contributed by atoms with van der Waals surface area (Å²) in [6, 6.07) is 0. The van der Waals surface area contributed by atoms with Crippen LogP contribution in [0.3, 0.4) is 0 Å². The van der Waals surface area contributed by atoms with Crippen molar-refractivity contribution in [1.82, 2.24) is 19.5 Å². The molecule has 38 heavy (non-hydrogen) atoms. The van der Waals surface area contributed by atoms with E-state index < -0.39 is 50.8 Å². The van der Waals surface area contributed by atoms with Gasteiger partial charge in [-0.05, 0) is 36.3 Å². The van der Waals surface area contributed by atoms with E-state index in [0.717, 1.165) is 5.41 Å². The Balaban J connectivity index is 1.87. The second-order valence-electron chi connectivity index (χ2n) is 13.2. The molecule has 4 rings (SSSR count). The highest BCUT2D eigenvalue weighted by Gasteiger charge is 2.67. The maximum Gasteiger partial charge on any atom is 0.292 e. The number of ether oxygens (including phenoxy) is 1. The molecule has 0 aromatic carbocycles. The molecule has 0 aliphatic carbocycles. The van der Waals surface area contributed by atoms with Gasteiger partial charge in [-0.15, -0.1) is 0 Å². The molecule has 4 heterocycles. The Hall–Kier alpha value is -1.69. The Kier molecular flexibility index (Phi) is 7.08. The van der Waals surface area contributed by atoms with Crippen molar-refractivity contribution in [2.45, 2.75) is 102 Å². The van der Waals surface area contributed by atoms with Crippen LogP contribution in [0.1, 0.15) is 47.8 Å². The third-order valence-corrected chi connectivity index (χ3v) is 18.6. The SMILES string of the molecule is CC(C)(C)[Si](C)(C)OCC1O[C@@H](n2cnc3cncnc32)[C@H](O[Si](C)(C)C(C)(C)C)C12OS(=O)(=O)C=C2N. The van der Waals surface area contributed by atoms with E-state index in [2.05, 4.69) is 82.7 Å². The standard InChI is InChI=1S/C24H41N5O6SSi2/c1-22(2,3)37(7,8)32-12-18-24(17(25)13-36(30,31)35-24)19(34-38(9,10)23(4,5)6)21(33-18)29-15-28-16-11-26-14-27-20(16)29/h11,13-15,18-19,21H,12,25H2,1-10H3/t18?,19-,21+,24?/m0/s1. The highest BCUT2D eigenvalue weighted by molar-refractivity contribution is 7.90. The first kappa shape index (κ1) is 29.3. The van der Waals surface area contributed by atoms with Gasteiger partial charge >= 0.3 is 0 Å². The van der Waals surface area contributed by atoms with Gasteiger partial charge in [0.05, 0.1) is 30.2 Å². The Labute approximate surface area is 227 Å². The van der Waals surface area contributed by atoms with Crippen LogP contribution in [0.25, 0.3) is 11.2 Å². The van der Waals surface area contributed by atoms with Gasteiger partial charge in [-0.2, -0.15) is 8.42 Å². The van der Waals surface area contributed by atoms with E-state index in [0.29, 0.717) is 11.2 Å². The summed E-state index contributed by atoms with van der Waals surface area (Å²) in [6.07, 6.45) is 2.01. The first-order chi connectivity index (χ1) is 17.2. The fraction of sp³-hybridized carbons (Fsp3) is 0.708. The minimum absolute atomic E-state index is 0.0339. The van der Waals surface area contributed by atoms with Gasteiger partial charge in [-0.25, -0.2) is 19.1 Å². The van der Waals surface area contributed by atoms with Crippen LogP contribution in [0, 0.1) is 0 Å². The highest BCUT2D eigenvalue weighted by Crippen LogP contribution is 2.52. The molecule has 2 aliphatic heterocycles. The normalized spacial score (nSPS) is 28.4. The lowest BCUT2D eigenvalue weighted by molar-refractivity contribution is -0.0535. The summed E-state index contributed by atoms with van der Waals surface area (Å²) in [7, 11) is -8.85. The van der Waals surface area contributed by atoms with Gasteiger partial charge in [0, 0.05) is 0 Å². The van der Waals surface area contributed by atoms with Crippen molar-refractivity contribution in [1.29, 1.82) is 0 Å². The minimum Gasteiger partial charge on any atom is -0.414 e. The zero-order chi connectivity index (χ0) is 28.5. The molecule has 2 unspecified atom stereocenters. The quantitative estimate of drug-likeness (QED) is 0.391. The van der Waals surface area contributed by atoms with Gasteiger partial charge in [-0.1, -0.05) is 41.5 Å². The molecule has 0 amide bonds. The molecule has 2 aromatic heterocycles. The average Bonchev–Trinajstić information content (AvgIpc) is 3.37. The summed E-state index contributed by atoms with van der Waals surface area (Å²) >= 11 is 0. The number of imidazole rings is 1. The molecular weight excluding hydrogens is 543 g/mol. The maximum absolute atomic E-state index is 12.9. The summed E-state index contributed by atoms with van der Waals surface area (Å²) in [6.45, 7) is 21.3. The summed E-state index contributed by atoms with van der Waals surface area (Å²) in [5.41, 5.74) is 6.04. The summed E-state index contributed by atoms with van der Waals surface area (Å²) < 4.78 is 53.5. The van der Waals surface area contributed by atoms with Crippen LogP contribution in [0.4, 0.5) is 0 Å². The molecule has 2 aromatic rings. The maximum atomic E-state index is 12.9. The van der Waals surface area contributed by atoms with Crippen molar-refractivity contribution in [2.75, 3.05) is 6.61 Å². The molecule has 0 radical (unpaired) electrons. The topological polar surface area (TPSA) is 141 Å². The number of hydrogen-bond donors (Lipinski definition) is 1. The largest absolute Gasteiger partial charge is 0.414 e. The molecule has 1 fully saturated rings. The molecule has 212 valence electrons. The molecule has 2 aliphatic rings. The van der Waals surface area contributed by atoms with E-state index >= 15 is 0 Å². The lowest BCUT2D eigenvalue weighted by Crippen LogP contribution is -2.59. The average molecular weight is 584 g/mol. The van der Waals surface area contributed by atoms with Gasteiger partial charge < -0.3 is 19.3 Å². The van der Waals surface area contributed by atoms with Crippen LogP contribution >= 0.6 is 0 Å². The van der Waals surface area contributed by atoms with Crippen molar-refractivity contribution < 1.29 is 26.2 Å². The zero-order valence-electron chi connectivity index (χ0n) is 24.0. The van der Waals surface area contributed by atoms with Gasteiger partial charge in [0.1, 0.15) is 24.1 Å². The lowest BCUT2D eigenvalue weighted by atomic mass is 9.89. The van der Waals surface area contributed by atoms with Crippen molar-refractivity contribution in [3.63, 3.8) is 0 Å². The molecular formula is C24H41N5O6SSi2. The molecule has 1 spiro atoms. The van der Waals surface area contributed by atoms with Crippen molar-refractivity contribution >= 4 is 37.9 Å². The van der Waals surface area contributed by atoms with E-state index in [1.807, 2.05) is 0 Å². The Morgan fingerprint density at radius 1 is 1.08 bits per heavy atom. The first-order valence-corrected chi connectivity index (χ1v) is 20.0. The molecule has 14 heteroatoms. The third-order valence-electron chi connectivity index (χ3n) is 8.58. The second-order valence-corrected chi connectivity index (χ2v) is 24.2. The van der Waals surface area contributed by atoms with Crippen molar-refractivity contribution in [3.05, 3.63) is 30.0 Å². The van der Waals surface area contributed by atoms with Gasteiger partial charge in [0.25, 0.3) is 10.1 Å². The Morgan fingerprint density at radius 3 is 2.26 bits per heavy atom. The van der Waals surface area contributed by atoms with Crippen LogP contribution < -0.4 is 5.73 Å². The smallest absolute Gasteiger partial charge is 0.292 e. The minimum atomic E-state index is -4.09. The number of nitrogens with zero attached hydrogens (tertiary/aromatic N) is 4. The van der Waals surface area contributed by atoms with E-state index in [1.165, 1.54) is 6.33 Å². The number of hydrogen-bond acceptors (Lipinski definition) is 10. The molecule has 0 saturated carbocycles. The monoisotopic (exact) mass is 583 g/mol.